The Labute approximate surface area is 208 Å². The van der Waals surface area contributed by atoms with E-state index in [0.29, 0.717) is 0 Å². The number of benzene rings is 2. The standard InChI is InChI=1S/C31H35F2N2/c1-7-34-26-18-16-22(32)20-24(26)30(3,4)28(34)14-12-10-9-11-13-15-29-31(5,6)25-21-23(33)17-19-27(25)35(29)8-2/h9-21H,7-8H2,1-6H3/q+1. The highest BCUT2D eigenvalue weighted by molar-refractivity contribution is 6.03. The van der Waals surface area contributed by atoms with Crippen molar-refractivity contribution < 1.29 is 13.4 Å². The highest BCUT2D eigenvalue weighted by atomic mass is 19.1. The lowest BCUT2D eigenvalue weighted by Crippen LogP contribution is -2.27. The molecule has 4 heteroatoms. The van der Waals surface area contributed by atoms with Crippen LogP contribution >= 0.6 is 0 Å². The Kier molecular flexibility index (Phi) is 6.68. The summed E-state index contributed by atoms with van der Waals surface area (Å²) in [5.41, 5.74) is 6.00. The number of nitrogens with zero attached hydrogens (tertiary/aromatic N) is 2. The van der Waals surface area contributed by atoms with Crippen LogP contribution in [0.3, 0.4) is 0 Å². The molecule has 0 aromatic heterocycles. The minimum Gasteiger partial charge on any atom is -0.344 e. The largest absolute Gasteiger partial charge is 0.344 e. The predicted octanol–water partition coefficient (Wildman–Crippen LogP) is 7.73. The van der Waals surface area contributed by atoms with E-state index in [1.165, 1.54) is 12.1 Å². The van der Waals surface area contributed by atoms with Crippen LogP contribution in [0.4, 0.5) is 20.2 Å². The molecule has 2 aromatic carbocycles. The summed E-state index contributed by atoms with van der Waals surface area (Å²) in [6.07, 6.45) is 14.3. The van der Waals surface area contributed by atoms with Crippen molar-refractivity contribution in [2.24, 2.45) is 0 Å². The van der Waals surface area contributed by atoms with E-state index in [9.17, 15) is 8.78 Å². The van der Waals surface area contributed by atoms with E-state index in [1.54, 1.807) is 12.1 Å². The summed E-state index contributed by atoms with van der Waals surface area (Å²) in [5.74, 6) is -0.393. The van der Waals surface area contributed by atoms with Crippen LogP contribution in [-0.4, -0.2) is 23.4 Å². The van der Waals surface area contributed by atoms with Gasteiger partial charge in [0.1, 0.15) is 18.2 Å². The fourth-order valence-electron chi connectivity index (χ4n) is 5.46. The molecule has 2 aromatic rings. The Morgan fingerprint density at radius 2 is 1.43 bits per heavy atom. The molecule has 0 fully saturated rings. The Morgan fingerprint density at radius 1 is 0.800 bits per heavy atom. The van der Waals surface area contributed by atoms with Crippen molar-refractivity contribution in [2.45, 2.75) is 52.4 Å². The van der Waals surface area contributed by atoms with Crippen LogP contribution in [0.5, 0.6) is 0 Å². The number of allylic oxidation sites excluding steroid dienone is 8. The molecule has 4 rings (SSSR count). The number of anilines is 1. The van der Waals surface area contributed by atoms with E-state index >= 15 is 0 Å². The predicted molar refractivity (Wildman–Crippen MR) is 143 cm³/mol. The van der Waals surface area contributed by atoms with Gasteiger partial charge in [-0.15, -0.1) is 0 Å². The van der Waals surface area contributed by atoms with Crippen molar-refractivity contribution in [3.63, 3.8) is 0 Å². The zero-order valence-electron chi connectivity index (χ0n) is 21.6. The third kappa shape index (κ3) is 4.31. The SMILES string of the molecule is CCN1/C(=C/C=C/C=C/C=C/C2=[N+](CC)c3ccc(F)cc3C2(C)C)C(C)(C)c2cc(F)ccc21. The van der Waals surface area contributed by atoms with Gasteiger partial charge < -0.3 is 4.90 Å². The van der Waals surface area contributed by atoms with Gasteiger partial charge in [0, 0.05) is 41.1 Å². The monoisotopic (exact) mass is 473 g/mol. The molecule has 0 bridgehead atoms. The third-order valence-electron chi connectivity index (χ3n) is 7.29. The number of hydrogen-bond donors (Lipinski definition) is 0. The Bertz CT molecular complexity index is 1290. The molecule has 2 nitrogen and oxygen atoms in total. The molecule has 0 amide bonds. The second kappa shape index (κ2) is 9.41. The molecule has 0 spiro atoms. The lowest BCUT2D eigenvalue weighted by atomic mass is 9.81. The zero-order valence-corrected chi connectivity index (χ0v) is 21.6. The molecule has 2 aliphatic heterocycles. The first-order chi connectivity index (χ1) is 16.6. The van der Waals surface area contributed by atoms with Crippen molar-refractivity contribution in [3.05, 3.63) is 107 Å². The first-order valence-corrected chi connectivity index (χ1v) is 12.4. The minimum atomic E-state index is -0.260. The van der Waals surface area contributed by atoms with Crippen LogP contribution in [0.25, 0.3) is 0 Å². The maximum absolute atomic E-state index is 13.9. The van der Waals surface area contributed by atoms with E-state index < -0.39 is 0 Å². The van der Waals surface area contributed by atoms with Crippen LogP contribution in [0.2, 0.25) is 0 Å². The Balaban J connectivity index is 1.51. The summed E-state index contributed by atoms with van der Waals surface area (Å²) in [6, 6.07) is 10.1. The van der Waals surface area contributed by atoms with E-state index in [2.05, 4.69) is 63.2 Å². The first-order valence-electron chi connectivity index (χ1n) is 12.4. The lowest BCUT2D eigenvalue weighted by Gasteiger charge is -2.25. The molecular formula is C31H35F2N2+. The molecule has 0 aliphatic carbocycles. The van der Waals surface area contributed by atoms with Gasteiger partial charge in [0.05, 0.1) is 5.41 Å². The van der Waals surface area contributed by atoms with Gasteiger partial charge in [-0.3, -0.25) is 0 Å². The van der Waals surface area contributed by atoms with Gasteiger partial charge in [0.25, 0.3) is 0 Å². The normalized spacial score (nSPS) is 19.7. The van der Waals surface area contributed by atoms with Gasteiger partial charge in [-0.1, -0.05) is 44.2 Å². The average molecular weight is 474 g/mol. The molecule has 0 N–H and O–H groups in total. The Hall–Kier alpha value is -3.27. The summed E-state index contributed by atoms with van der Waals surface area (Å²) in [6.45, 7) is 14.5. The smallest absolute Gasteiger partial charge is 0.209 e. The summed E-state index contributed by atoms with van der Waals surface area (Å²) >= 11 is 0. The summed E-state index contributed by atoms with van der Waals surface area (Å²) in [7, 11) is 0. The molecule has 0 saturated heterocycles. The summed E-state index contributed by atoms with van der Waals surface area (Å²) < 4.78 is 30.1. The van der Waals surface area contributed by atoms with Crippen LogP contribution in [0.15, 0.2) is 84.6 Å². The van der Waals surface area contributed by atoms with Crippen LogP contribution in [-0.2, 0) is 10.8 Å². The second-order valence-corrected chi connectivity index (χ2v) is 10.1. The Morgan fingerprint density at radius 3 is 2.11 bits per heavy atom. The fraction of sp³-hybridized carbons (Fsp3) is 0.323. The molecule has 35 heavy (non-hydrogen) atoms. The maximum Gasteiger partial charge on any atom is 0.209 e. The van der Waals surface area contributed by atoms with E-state index in [4.69, 9.17) is 0 Å². The summed E-state index contributed by atoms with van der Waals surface area (Å²) in [5, 5.41) is 0. The molecule has 0 radical (unpaired) electrons. The van der Waals surface area contributed by atoms with Crippen molar-refractivity contribution in [1.82, 2.24) is 0 Å². The molecule has 0 unspecified atom stereocenters. The lowest BCUT2D eigenvalue weighted by molar-refractivity contribution is -0.433. The zero-order chi connectivity index (χ0) is 25.4. The molecular weight excluding hydrogens is 438 g/mol. The van der Waals surface area contributed by atoms with Gasteiger partial charge in [-0.05, 0) is 69.7 Å². The van der Waals surface area contributed by atoms with E-state index in [0.717, 1.165) is 47.0 Å². The van der Waals surface area contributed by atoms with Gasteiger partial charge >= 0.3 is 0 Å². The third-order valence-corrected chi connectivity index (χ3v) is 7.29. The van der Waals surface area contributed by atoms with E-state index in [-0.39, 0.29) is 22.5 Å². The first kappa shape index (κ1) is 24.8. The average Bonchev–Trinajstić information content (AvgIpc) is 3.16. The van der Waals surface area contributed by atoms with Crippen LogP contribution in [0.1, 0.15) is 52.7 Å². The van der Waals surface area contributed by atoms with E-state index in [1.807, 2.05) is 42.5 Å². The highest BCUT2D eigenvalue weighted by Gasteiger charge is 2.44. The molecule has 0 saturated carbocycles. The number of fused-ring (bicyclic) bond motifs is 2. The summed E-state index contributed by atoms with van der Waals surface area (Å²) in [4.78, 5) is 2.25. The molecule has 182 valence electrons. The van der Waals surface area contributed by atoms with Crippen LogP contribution < -0.4 is 4.90 Å². The van der Waals surface area contributed by atoms with Crippen molar-refractivity contribution >= 4 is 17.1 Å². The van der Waals surface area contributed by atoms with Gasteiger partial charge in [0.15, 0.2) is 5.71 Å². The van der Waals surface area contributed by atoms with Gasteiger partial charge in [-0.25, -0.2) is 8.78 Å². The number of hydrogen-bond acceptors (Lipinski definition) is 1. The number of likely N-dealkylation sites (N-methyl/N-ethyl adjacent to an activating group) is 1. The quantitative estimate of drug-likeness (QED) is 0.307. The van der Waals surface area contributed by atoms with Crippen LogP contribution in [0, 0.1) is 11.6 Å². The van der Waals surface area contributed by atoms with Crippen molar-refractivity contribution in [3.8, 4) is 0 Å². The fourth-order valence-corrected chi connectivity index (χ4v) is 5.46. The van der Waals surface area contributed by atoms with Crippen molar-refractivity contribution in [1.29, 1.82) is 0 Å². The van der Waals surface area contributed by atoms with Gasteiger partial charge in [-0.2, -0.15) is 4.58 Å². The van der Waals surface area contributed by atoms with Crippen molar-refractivity contribution in [2.75, 3.05) is 18.0 Å². The topological polar surface area (TPSA) is 6.25 Å². The van der Waals surface area contributed by atoms with Gasteiger partial charge in [0.2, 0.25) is 5.69 Å². The molecule has 0 atom stereocenters. The number of halogens is 2. The highest BCUT2D eigenvalue weighted by Crippen LogP contribution is 2.47. The molecule has 2 heterocycles. The second-order valence-electron chi connectivity index (χ2n) is 10.1. The number of rotatable bonds is 6. The maximum atomic E-state index is 13.9. The molecule has 2 aliphatic rings. The minimum absolute atomic E-state index is 0.197.